The molecule has 0 radical (unpaired) electrons. The molecular formula is C17H15F2N5O2. The van der Waals surface area contributed by atoms with E-state index in [1.807, 2.05) is 0 Å². The van der Waals surface area contributed by atoms with Gasteiger partial charge >= 0.3 is 6.61 Å². The van der Waals surface area contributed by atoms with Crippen LogP contribution in [0.3, 0.4) is 0 Å². The molecule has 1 heterocycles. The maximum atomic E-state index is 12.3. The molecule has 2 aromatic carbocycles. The van der Waals surface area contributed by atoms with Crippen LogP contribution in [-0.4, -0.2) is 39.3 Å². The summed E-state index contributed by atoms with van der Waals surface area (Å²) in [6.07, 6.45) is 2.01. The summed E-state index contributed by atoms with van der Waals surface area (Å²) in [6.45, 7) is -2.44. The van der Waals surface area contributed by atoms with Crippen molar-refractivity contribution >= 4 is 5.91 Å². The molecule has 7 nitrogen and oxygen atoms in total. The van der Waals surface area contributed by atoms with Gasteiger partial charge in [-0.15, -0.1) is 5.10 Å². The Labute approximate surface area is 147 Å². The number of nitrogens with zero attached hydrogens (tertiary/aromatic N) is 4. The van der Waals surface area contributed by atoms with Crippen LogP contribution in [0.2, 0.25) is 0 Å². The predicted molar refractivity (Wildman–Crippen MR) is 88.3 cm³/mol. The monoisotopic (exact) mass is 359 g/mol. The molecule has 3 aromatic rings. The average Bonchev–Trinajstić information content (AvgIpc) is 3.17. The number of tetrazole rings is 1. The second-order valence-electron chi connectivity index (χ2n) is 5.33. The third kappa shape index (κ3) is 4.59. The van der Waals surface area contributed by atoms with Gasteiger partial charge in [0.1, 0.15) is 12.1 Å². The molecule has 0 aliphatic heterocycles. The third-order valence-electron chi connectivity index (χ3n) is 3.57. The number of alkyl halides is 2. The highest BCUT2D eigenvalue weighted by molar-refractivity contribution is 5.94. The Morgan fingerprint density at radius 1 is 1.19 bits per heavy atom. The van der Waals surface area contributed by atoms with Gasteiger partial charge in [0.05, 0.1) is 5.69 Å². The third-order valence-corrected chi connectivity index (χ3v) is 3.57. The van der Waals surface area contributed by atoms with Crippen molar-refractivity contribution in [3.8, 4) is 11.4 Å². The number of aromatic nitrogens is 4. The summed E-state index contributed by atoms with van der Waals surface area (Å²) in [4.78, 5) is 12.3. The van der Waals surface area contributed by atoms with Crippen LogP contribution in [0, 0.1) is 0 Å². The summed E-state index contributed by atoms with van der Waals surface area (Å²) < 4.78 is 30.0. The smallest absolute Gasteiger partial charge is 0.387 e. The number of hydrogen-bond acceptors (Lipinski definition) is 5. The summed E-state index contributed by atoms with van der Waals surface area (Å²) >= 11 is 0. The molecule has 0 aliphatic rings. The van der Waals surface area contributed by atoms with Crippen LogP contribution in [0.4, 0.5) is 8.78 Å². The van der Waals surface area contributed by atoms with E-state index >= 15 is 0 Å². The lowest BCUT2D eigenvalue weighted by atomic mass is 10.1. The van der Waals surface area contributed by atoms with Crippen LogP contribution in [-0.2, 0) is 6.42 Å². The Kier molecular flexibility index (Phi) is 5.47. The first-order chi connectivity index (χ1) is 12.6. The first-order valence-corrected chi connectivity index (χ1v) is 7.77. The highest BCUT2D eigenvalue weighted by atomic mass is 19.3. The maximum Gasteiger partial charge on any atom is 0.387 e. The molecule has 0 unspecified atom stereocenters. The average molecular weight is 359 g/mol. The summed E-state index contributed by atoms with van der Waals surface area (Å²) in [5.74, 6) is -0.121. The second kappa shape index (κ2) is 8.15. The molecule has 26 heavy (non-hydrogen) atoms. The summed E-state index contributed by atoms with van der Waals surface area (Å²) in [5, 5.41) is 13.7. The van der Waals surface area contributed by atoms with Gasteiger partial charge in [-0.25, -0.2) is 4.68 Å². The van der Waals surface area contributed by atoms with Crippen LogP contribution in [0.5, 0.6) is 5.75 Å². The Balaban J connectivity index is 1.53. The molecule has 1 aromatic heterocycles. The van der Waals surface area contributed by atoms with Crippen LogP contribution in [0.15, 0.2) is 54.9 Å². The molecule has 0 saturated heterocycles. The minimum Gasteiger partial charge on any atom is -0.435 e. The van der Waals surface area contributed by atoms with Crippen molar-refractivity contribution in [2.75, 3.05) is 6.54 Å². The summed E-state index contributed by atoms with van der Waals surface area (Å²) in [7, 11) is 0. The predicted octanol–water partition coefficient (Wildman–Crippen LogP) is 2.24. The summed E-state index contributed by atoms with van der Waals surface area (Å²) in [6, 6.07) is 13.2. The Bertz CT molecular complexity index is 854. The fourth-order valence-corrected chi connectivity index (χ4v) is 2.33. The van der Waals surface area contributed by atoms with Gasteiger partial charge in [-0.1, -0.05) is 18.2 Å². The number of carbonyl (C=O) groups excluding carboxylic acids is 1. The molecule has 1 N–H and O–H groups in total. The van der Waals surface area contributed by atoms with E-state index < -0.39 is 6.61 Å². The highest BCUT2D eigenvalue weighted by Crippen LogP contribution is 2.15. The number of carbonyl (C=O) groups is 1. The van der Waals surface area contributed by atoms with Gasteiger partial charge < -0.3 is 10.1 Å². The Morgan fingerprint density at radius 3 is 2.69 bits per heavy atom. The van der Waals surface area contributed by atoms with E-state index in [4.69, 9.17) is 0 Å². The quantitative estimate of drug-likeness (QED) is 0.700. The van der Waals surface area contributed by atoms with Crippen molar-refractivity contribution in [1.82, 2.24) is 25.5 Å². The zero-order chi connectivity index (χ0) is 18.4. The maximum absolute atomic E-state index is 12.3. The second-order valence-corrected chi connectivity index (χ2v) is 5.33. The number of amides is 1. The standard InChI is InChI=1S/C17H15F2N5O2/c18-17(19)26-15-6-4-12(5-7-15)8-9-20-16(25)13-2-1-3-14(10-13)24-11-21-22-23-24/h1-7,10-11,17H,8-9H2,(H,20,25). The number of hydrogen-bond donors (Lipinski definition) is 1. The molecule has 1 amide bonds. The molecule has 0 spiro atoms. The lowest BCUT2D eigenvalue weighted by molar-refractivity contribution is -0.0498. The van der Waals surface area contributed by atoms with Gasteiger partial charge in [0, 0.05) is 12.1 Å². The van der Waals surface area contributed by atoms with Gasteiger partial charge in [0.25, 0.3) is 5.91 Å². The fourth-order valence-electron chi connectivity index (χ4n) is 2.33. The Morgan fingerprint density at radius 2 is 2.00 bits per heavy atom. The van der Waals surface area contributed by atoms with Crippen LogP contribution >= 0.6 is 0 Å². The largest absolute Gasteiger partial charge is 0.435 e. The highest BCUT2D eigenvalue weighted by Gasteiger charge is 2.08. The van der Waals surface area contributed by atoms with E-state index in [0.29, 0.717) is 24.2 Å². The molecule has 0 saturated carbocycles. The van der Waals surface area contributed by atoms with Gasteiger partial charge in [0.15, 0.2) is 0 Å². The molecule has 0 aliphatic carbocycles. The molecule has 134 valence electrons. The van der Waals surface area contributed by atoms with Crippen LogP contribution in [0.1, 0.15) is 15.9 Å². The molecule has 0 fully saturated rings. The van der Waals surface area contributed by atoms with E-state index in [0.717, 1.165) is 5.56 Å². The number of benzene rings is 2. The van der Waals surface area contributed by atoms with E-state index in [1.54, 1.807) is 36.4 Å². The number of halogens is 2. The van der Waals surface area contributed by atoms with Gasteiger partial charge in [-0.3, -0.25) is 4.79 Å². The zero-order valence-corrected chi connectivity index (χ0v) is 13.5. The normalized spacial score (nSPS) is 10.7. The first-order valence-electron chi connectivity index (χ1n) is 7.77. The van der Waals surface area contributed by atoms with Crippen molar-refractivity contribution in [2.45, 2.75) is 13.0 Å². The van der Waals surface area contributed by atoms with Crippen molar-refractivity contribution in [3.63, 3.8) is 0 Å². The van der Waals surface area contributed by atoms with Crippen LogP contribution < -0.4 is 10.1 Å². The molecule has 9 heteroatoms. The lowest BCUT2D eigenvalue weighted by Gasteiger charge is -2.08. The van der Waals surface area contributed by atoms with E-state index in [-0.39, 0.29) is 11.7 Å². The SMILES string of the molecule is O=C(NCCc1ccc(OC(F)F)cc1)c1cccc(-n2cnnn2)c1. The van der Waals surface area contributed by atoms with Crippen LogP contribution in [0.25, 0.3) is 5.69 Å². The molecule has 0 bridgehead atoms. The minimum atomic E-state index is -2.84. The van der Waals surface area contributed by atoms with Crippen molar-refractivity contribution in [1.29, 1.82) is 0 Å². The number of rotatable bonds is 7. The van der Waals surface area contributed by atoms with E-state index in [2.05, 4.69) is 25.6 Å². The molecule has 3 rings (SSSR count). The molecule has 0 atom stereocenters. The van der Waals surface area contributed by atoms with Gasteiger partial charge in [-0.2, -0.15) is 8.78 Å². The zero-order valence-electron chi connectivity index (χ0n) is 13.5. The van der Waals surface area contributed by atoms with Gasteiger partial charge in [0.2, 0.25) is 0 Å². The van der Waals surface area contributed by atoms with E-state index in [9.17, 15) is 13.6 Å². The van der Waals surface area contributed by atoms with Crippen molar-refractivity contribution < 1.29 is 18.3 Å². The fraction of sp³-hybridized carbons (Fsp3) is 0.176. The summed E-state index contributed by atoms with van der Waals surface area (Å²) in [5.41, 5.74) is 2.06. The van der Waals surface area contributed by atoms with Crippen molar-refractivity contribution in [2.24, 2.45) is 0 Å². The topological polar surface area (TPSA) is 81.9 Å². The first kappa shape index (κ1) is 17.5. The Hall–Kier alpha value is -3.36. The van der Waals surface area contributed by atoms with Crippen molar-refractivity contribution in [3.05, 3.63) is 66.0 Å². The van der Waals surface area contributed by atoms with E-state index in [1.165, 1.54) is 23.1 Å². The molecular weight excluding hydrogens is 344 g/mol. The minimum absolute atomic E-state index is 0.104. The number of nitrogens with one attached hydrogen (secondary N) is 1. The van der Waals surface area contributed by atoms with Gasteiger partial charge in [-0.05, 0) is 52.7 Å². The lowest BCUT2D eigenvalue weighted by Crippen LogP contribution is -2.25. The number of ether oxygens (including phenoxy) is 1.